The van der Waals surface area contributed by atoms with Gasteiger partial charge in [0.25, 0.3) is 5.91 Å². The van der Waals surface area contributed by atoms with Gasteiger partial charge in [-0.3, -0.25) is 4.79 Å². The molecule has 1 heterocycles. The zero-order chi connectivity index (χ0) is 20.2. The van der Waals surface area contributed by atoms with Crippen LogP contribution in [0.1, 0.15) is 40.2 Å². The number of ether oxygens (including phenoxy) is 1. The van der Waals surface area contributed by atoms with Crippen molar-refractivity contribution in [3.05, 3.63) is 87.7 Å². The molecule has 1 aliphatic rings. The van der Waals surface area contributed by atoms with Crippen LogP contribution in [0.4, 0.5) is 0 Å². The van der Waals surface area contributed by atoms with Gasteiger partial charge in [-0.2, -0.15) is 0 Å². The van der Waals surface area contributed by atoms with Crippen LogP contribution in [0.25, 0.3) is 0 Å². The topological polar surface area (TPSA) is 51.2 Å². The number of pyridine rings is 1. The van der Waals surface area contributed by atoms with Gasteiger partial charge in [0, 0.05) is 11.6 Å². The quantitative estimate of drug-likeness (QED) is 0.469. The molecular weight excluding hydrogens is 407 g/mol. The van der Waals surface area contributed by atoms with E-state index >= 15 is 0 Å². The number of amides is 1. The maximum absolute atomic E-state index is 12.7. The van der Waals surface area contributed by atoms with Gasteiger partial charge >= 0.3 is 0 Å². The Kier molecular flexibility index (Phi) is 6.02. The molecule has 0 radical (unpaired) electrons. The van der Waals surface area contributed by atoms with Crippen LogP contribution >= 0.6 is 23.2 Å². The monoisotopic (exact) mass is 426 g/mol. The molecule has 4 nitrogen and oxygen atoms in total. The molecule has 0 atom stereocenters. The molecule has 29 heavy (non-hydrogen) atoms. The number of benzene rings is 2. The first kappa shape index (κ1) is 19.7. The smallest absolute Gasteiger partial charge is 0.255 e. The van der Waals surface area contributed by atoms with Gasteiger partial charge in [-0.1, -0.05) is 47.5 Å². The summed E-state index contributed by atoms with van der Waals surface area (Å²) in [7, 11) is 0. The van der Waals surface area contributed by atoms with E-state index in [9.17, 15) is 4.79 Å². The fraction of sp³-hybridized carbons (Fsp3) is 0.217. The third kappa shape index (κ3) is 5.28. The first-order valence-electron chi connectivity index (χ1n) is 9.54. The molecule has 4 rings (SSSR count). The van der Waals surface area contributed by atoms with E-state index in [4.69, 9.17) is 27.9 Å². The average molecular weight is 427 g/mol. The number of hydrogen-bond donors (Lipinski definition) is 1. The Morgan fingerprint density at radius 2 is 1.90 bits per heavy atom. The lowest BCUT2D eigenvalue weighted by molar-refractivity contribution is 0.0951. The molecule has 0 spiro atoms. The highest BCUT2D eigenvalue weighted by atomic mass is 35.5. The van der Waals surface area contributed by atoms with E-state index in [1.54, 1.807) is 0 Å². The summed E-state index contributed by atoms with van der Waals surface area (Å²) in [6.07, 6.45) is 4.61. The number of hydrogen-bond acceptors (Lipinski definition) is 3. The summed E-state index contributed by atoms with van der Waals surface area (Å²) >= 11 is 11.9. The van der Waals surface area contributed by atoms with Crippen LogP contribution in [0.15, 0.2) is 60.8 Å². The van der Waals surface area contributed by atoms with Gasteiger partial charge in [-0.25, -0.2) is 4.98 Å². The lowest BCUT2D eigenvalue weighted by Crippen LogP contribution is -2.26. The Hall–Kier alpha value is -2.56. The van der Waals surface area contributed by atoms with Crippen molar-refractivity contribution in [1.82, 2.24) is 10.3 Å². The summed E-state index contributed by atoms with van der Waals surface area (Å²) in [4.78, 5) is 16.8. The third-order valence-corrected chi connectivity index (χ3v) is 5.28. The Morgan fingerprint density at radius 1 is 1.10 bits per heavy atom. The van der Waals surface area contributed by atoms with Gasteiger partial charge in [-0.05, 0) is 66.6 Å². The number of halogens is 2. The molecule has 148 valence electrons. The predicted octanol–water partition coefficient (Wildman–Crippen LogP) is 6.03. The molecular formula is C23H20Cl2N2O2. The zero-order valence-electron chi connectivity index (χ0n) is 15.7. The summed E-state index contributed by atoms with van der Waals surface area (Å²) in [6.45, 7) is 0.483. The van der Waals surface area contributed by atoms with Crippen molar-refractivity contribution in [2.75, 3.05) is 6.54 Å². The normalized spacial score (nSPS) is 13.2. The minimum atomic E-state index is -0.253. The molecule has 1 N–H and O–H groups in total. The van der Waals surface area contributed by atoms with Gasteiger partial charge < -0.3 is 10.1 Å². The van der Waals surface area contributed by atoms with Crippen LogP contribution in [0.5, 0.6) is 11.5 Å². The van der Waals surface area contributed by atoms with Gasteiger partial charge in [0.05, 0.1) is 11.8 Å². The van der Waals surface area contributed by atoms with Crippen LogP contribution in [-0.4, -0.2) is 17.4 Å². The van der Waals surface area contributed by atoms with Gasteiger partial charge in [0.2, 0.25) is 0 Å². The lowest BCUT2D eigenvalue weighted by atomic mass is 10.1. The number of nitrogens with zero attached hydrogens (tertiary/aromatic N) is 1. The van der Waals surface area contributed by atoms with Gasteiger partial charge in [0.15, 0.2) is 5.75 Å². The van der Waals surface area contributed by atoms with Crippen molar-refractivity contribution < 1.29 is 9.53 Å². The van der Waals surface area contributed by atoms with Crippen molar-refractivity contribution in [1.29, 1.82) is 0 Å². The second-order valence-electron chi connectivity index (χ2n) is 7.08. The van der Waals surface area contributed by atoms with E-state index < -0.39 is 0 Å². The van der Waals surface area contributed by atoms with Crippen LogP contribution < -0.4 is 10.1 Å². The summed E-state index contributed by atoms with van der Waals surface area (Å²) in [5.41, 5.74) is 2.71. The fourth-order valence-corrected chi connectivity index (χ4v) is 3.40. The highest BCUT2D eigenvalue weighted by Gasteiger charge is 2.24. The second kappa shape index (κ2) is 8.85. The highest BCUT2D eigenvalue weighted by Crippen LogP contribution is 2.41. The Morgan fingerprint density at radius 3 is 2.66 bits per heavy atom. The van der Waals surface area contributed by atoms with E-state index in [1.165, 1.54) is 30.7 Å². The molecule has 3 aromatic rings. The van der Waals surface area contributed by atoms with Crippen molar-refractivity contribution >= 4 is 29.1 Å². The number of carbonyl (C=O) groups excluding carboxylic acids is 1. The van der Waals surface area contributed by atoms with Crippen molar-refractivity contribution in [2.45, 2.75) is 25.2 Å². The Balaban J connectivity index is 1.44. The number of aromatic nitrogens is 1. The van der Waals surface area contributed by atoms with Crippen molar-refractivity contribution in [3.8, 4) is 11.5 Å². The lowest BCUT2D eigenvalue weighted by Gasteiger charge is -2.12. The Labute approximate surface area is 179 Å². The third-order valence-electron chi connectivity index (χ3n) is 4.83. The summed E-state index contributed by atoms with van der Waals surface area (Å²) in [5.74, 6) is 1.44. The van der Waals surface area contributed by atoms with E-state index in [1.807, 2.05) is 42.5 Å². The molecule has 1 fully saturated rings. The molecule has 0 unspecified atom stereocenters. The standard InChI is InChI=1S/C23H20Cl2N2O2/c24-18-8-4-15(5-9-18)10-11-26-23(28)20-13-22(25)27-14-21(20)29-19-3-1-2-17(12-19)16-6-7-16/h1-5,8-9,12-14,16H,6-7,10-11H2,(H,26,28). The fourth-order valence-electron chi connectivity index (χ4n) is 3.12. The molecule has 1 saturated carbocycles. The molecule has 1 aromatic heterocycles. The zero-order valence-corrected chi connectivity index (χ0v) is 17.2. The number of nitrogens with one attached hydrogen (secondary N) is 1. The van der Waals surface area contributed by atoms with Gasteiger partial charge in [0.1, 0.15) is 10.9 Å². The van der Waals surface area contributed by atoms with Crippen LogP contribution in [0.3, 0.4) is 0 Å². The summed E-state index contributed by atoms with van der Waals surface area (Å²) in [6, 6.07) is 17.1. The molecule has 1 amide bonds. The minimum absolute atomic E-state index is 0.243. The predicted molar refractivity (Wildman–Crippen MR) is 115 cm³/mol. The first-order chi connectivity index (χ1) is 14.1. The second-order valence-corrected chi connectivity index (χ2v) is 7.91. The first-order valence-corrected chi connectivity index (χ1v) is 10.3. The molecule has 0 aliphatic heterocycles. The van der Waals surface area contributed by atoms with Crippen LogP contribution in [0.2, 0.25) is 10.2 Å². The Bertz CT molecular complexity index is 1020. The van der Waals surface area contributed by atoms with E-state index in [0.29, 0.717) is 41.0 Å². The minimum Gasteiger partial charge on any atom is -0.455 e. The number of rotatable bonds is 7. The summed E-state index contributed by atoms with van der Waals surface area (Å²) in [5, 5.41) is 3.85. The molecule has 6 heteroatoms. The van der Waals surface area contributed by atoms with E-state index in [2.05, 4.69) is 16.4 Å². The van der Waals surface area contributed by atoms with E-state index in [-0.39, 0.29) is 11.1 Å². The molecule has 0 bridgehead atoms. The number of carbonyl (C=O) groups is 1. The van der Waals surface area contributed by atoms with Gasteiger partial charge in [-0.15, -0.1) is 0 Å². The maximum atomic E-state index is 12.7. The van der Waals surface area contributed by atoms with Crippen LogP contribution in [-0.2, 0) is 6.42 Å². The largest absolute Gasteiger partial charge is 0.455 e. The molecule has 2 aromatic carbocycles. The van der Waals surface area contributed by atoms with E-state index in [0.717, 1.165) is 5.56 Å². The molecule has 1 aliphatic carbocycles. The average Bonchev–Trinajstić information content (AvgIpc) is 3.56. The van der Waals surface area contributed by atoms with Crippen molar-refractivity contribution in [3.63, 3.8) is 0 Å². The van der Waals surface area contributed by atoms with Crippen LogP contribution in [0, 0.1) is 0 Å². The highest BCUT2D eigenvalue weighted by molar-refractivity contribution is 6.30. The van der Waals surface area contributed by atoms with Crippen molar-refractivity contribution in [2.24, 2.45) is 0 Å². The summed E-state index contributed by atoms with van der Waals surface area (Å²) < 4.78 is 5.99. The SMILES string of the molecule is O=C(NCCc1ccc(Cl)cc1)c1cc(Cl)ncc1Oc1cccc(C2CC2)c1. The maximum Gasteiger partial charge on any atom is 0.255 e. The molecule has 0 saturated heterocycles.